The second kappa shape index (κ2) is 6.26. The van der Waals surface area contributed by atoms with Crippen LogP contribution in [0.4, 0.5) is 5.82 Å². The Morgan fingerprint density at radius 1 is 1.38 bits per heavy atom. The SMILES string of the molecule is CC(C)CCN(C)c1ncnc(Cl)c1CCl. The highest BCUT2D eigenvalue weighted by molar-refractivity contribution is 6.31. The van der Waals surface area contributed by atoms with Crippen molar-refractivity contribution in [3.05, 3.63) is 17.0 Å². The Hall–Kier alpha value is -0.540. The zero-order valence-electron chi connectivity index (χ0n) is 9.87. The average molecular weight is 262 g/mol. The van der Waals surface area contributed by atoms with Gasteiger partial charge in [0.15, 0.2) is 0 Å². The summed E-state index contributed by atoms with van der Waals surface area (Å²) in [5.74, 6) is 1.83. The first kappa shape index (κ1) is 13.5. The Kier molecular flexibility index (Phi) is 5.29. The Labute approximate surface area is 107 Å². The van der Waals surface area contributed by atoms with Gasteiger partial charge in [-0.05, 0) is 12.3 Å². The van der Waals surface area contributed by atoms with Crippen LogP contribution in [-0.4, -0.2) is 23.6 Å². The van der Waals surface area contributed by atoms with Gasteiger partial charge in [-0.25, -0.2) is 9.97 Å². The van der Waals surface area contributed by atoms with Crippen LogP contribution in [-0.2, 0) is 5.88 Å². The molecule has 1 heterocycles. The van der Waals surface area contributed by atoms with E-state index in [0.29, 0.717) is 17.0 Å². The van der Waals surface area contributed by atoms with Crippen LogP contribution in [0.15, 0.2) is 6.33 Å². The van der Waals surface area contributed by atoms with Crippen LogP contribution in [0.25, 0.3) is 0 Å². The Morgan fingerprint density at radius 3 is 2.62 bits per heavy atom. The number of alkyl halides is 1. The van der Waals surface area contributed by atoms with Gasteiger partial charge in [-0.2, -0.15) is 0 Å². The summed E-state index contributed by atoms with van der Waals surface area (Å²) >= 11 is 11.8. The van der Waals surface area contributed by atoms with Gasteiger partial charge in [-0.1, -0.05) is 25.4 Å². The maximum Gasteiger partial charge on any atom is 0.138 e. The molecule has 0 radical (unpaired) electrons. The van der Waals surface area contributed by atoms with Crippen LogP contribution >= 0.6 is 23.2 Å². The summed E-state index contributed by atoms with van der Waals surface area (Å²) in [5.41, 5.74) is 0.803. The quantitative estimate of drug-likeness (QED) is 0.602. The molecule has 1 rings (SSSR count). The highest BCUT2D eigenvalue weighted by Gasteiger charge is 2.12. The maximum atomic E-state index is 5.97. The lowest BCUT2D eigenvalue weighted by Gasteiger charge is -2.21. The molecule has 0 atom stereocenters. The molecule has 0 unspecified atom stereocenters. The molecule has 16 heavy (non-hydrogen) atoms. The highest BCUT2D eigenvalue weighted by Crippen LogP contribution is 2.24. The third-order valence-electron chi connectivity index (χ3n) is 2.41. The second-order valence-corrected chi connectivity index (χ2v) is 4.83. The van der Waals surface area contributed by atoms with Crippen LogP contribution in [0, 0.1) is 5.92 Å². The van der Waals surface area contributed by atoms with Gasteiger partial charge in [0.1, 0.15) is 17.3 Å². The number of halogens is 2. The zero-order chi connectivity index (χ0) is 12.1. The molecule has 0 amide bonds. The molecule has 0 N–H and O–H groups in total. The van der Waals surface area contributed by atoms with Crippen LogP contribution in [0.1, 0.15) is 25.8 Å². The minimum Gasteiger partial charge on any atom is -0.359 e. The van der Waals surface area contributed by atoms with Gasteiger partial charge in [0.05, 0.1) is 5.88 Å². The normalized spacial score (nSPS) is 10.9. The molecule has 0 saturated heterocycles. The molecule has 0 bridgehead atoms. The van der Waals surface area contributed by atoms with Gasteiger partial charge in [0.25, 0.3) is 0 Å². The number of nitrogens with zero attached hydrogens (tertiary/aromatic N) is 3. The molecule has 0 spiro atoms. The summed E-state index contributed by atoms with van der Waals surface area (Å²) < 4.78 is 0. The van der Waals surface area contributed by atoms with E-state index in [4.69, 9.17) is 23.2 Å². The molecule has 0 aromatic carbocycles. The van der Waals surface area contributed by atoms with E-state index in [0.717, 1.165) is 24.3 Å². The standard InChI is InChI=1S/C11H17Cl2N3/c1-8(2)4-5-16(3)11-9(6-12)10(13)14-7-15-11/h7-8H,4-6H2,1-3H3. The molecule has 1 aromatic rings. The third-order valence-corrected chi connectivity index (χ3v) is 3.00. The Bertz CT molecular complexity index is 342. The predicted molar refractivity (Wildman–Crippen MR) is 69.3 cm³/mol. The molecule has 0 aliphatic carbocycles. The Balaban J connectivity index is 2.82. The summed E-state index contributed by atoms with van der Waals surface area (Å²) in [4.78, 5) is 10.2. The first-order chi connectivity index (χ1) is 7.56. The monoisotopic (exact) mass is 261 g/mol. The van der Waals surface area contributed by atoms with Crippen LogP contribution in [0.2, 0.25) is 5.15 Å². The van der Waals surface area contributed by atoms with E-state index < -0.39 is 0 Å². The first-order valence-corrected chi connectivity index (χ1v) is 6.24. The summed E-state index contributed by atoms with van der Waals surface area (Å²) in [6.07, 6.45) is 2.58. The summed E-state index contributed by atoms with van der Waals surface area (Å²) in [5, 5.41) is 0.441. The van der Waals surface area contributed by atoms with Crippen molar-refractivity contribution in [2.45, 2.75) is 26.1 Å². The van der Waals surface area contributed by atoms with Crippen molar-refractivity contribution < 1.29 is 0 Å². The number of hydrogen-bond acceptors (Lipinski definition) is 3. The molecular weight excluding hydrogens is 245 g/mol. The first-order valence-electron chi connectivity index (χ1n) is 5.32. The van der Waals surface area contributed by atoms with E-state index in [1.807, 2.05) is 7.05 Å². The minimum atomic E-state index is 0.334. The molecule has 3 nitrogen and oxygen atoms in total. The molecular formula is C11H17Cl2N3. The lowest BCUT2D eigenvalue weighted by Crippen LogP contribution is -2.22. The molecule has 0 aliphatic heterocycles. The fourth-order valence-corrected chi connectivity index (χ4v) is 1.89. The van der Waals surface area contributed by atoms with Crippen molar-refractivity contribution in [1.82, 2.24) is 9.97 Å². The van der Waals surface area contributed by atoms with E-state index in [2.05, 4.69) is 28.7 Å². The summed E-state index contributed by atoms with van der Waals surface area (Å²) in [6.45, 7) is 5.33. The summed E-state index contributed by atoms with van der Waals surface area (Å²) in [6, 6.07) is 0. The van der Waals surface area contributed by atoms with Crippen molar-refractivity contribution in [1.29, 1.82) is 0 Å². The number of rotatable bonds is 5. The van der Waals surface area contributed by atoms with Crippen molar-refractivity contribution >= 4 is 29.0 Å². The predicted octanol–water partition coefficient (Wildman–Crippen LogP) is 3.35. The van der Waals surface area contributed by atoms with Crippen molar-refractivity contribution in [3.63, 3.8) is 0 Å². The van der Waals surface area contributed by atoms with E-state index in [9.17, 15) is 0 Å². The van der Waals surface area contributed by atoms with Crippen molar-refractivity contribution in [2.24, 2.45) is 5.92 Å². The highest BCUT2D eigenvalue weighted by atomic mass is 35.5. The van der Waals surface area contributed by atoms with E-state index >= 15 is 0 Å². The van der Waals surface area contributed by atoms with Crippen LogP contribution < -0.4 is 4.90 Å². The van der Waals surface area contributed by atoms with Gasteiger partial charge >= 0.3 is 0 Å². The van der Waals surface area contributed by atoms with E-state index in [1.165, 1.54) is 6.33 Å². The second-order valence-electron chi connectivity index (χ2n) is 4.20. The van der Waals surface area contributed by atoms with Crippen LogP contribution in [0.3, 0.4) is 0 Å². The van der Waals surface area contributed by atoms with Gasteiger partial charge in [0.2, 0.25) is 0 Å². The van der Waals surface area contributed by atoms with Gasteiger partial charge < -0.3 is 4.90 Å². The van der Waals surface area contributed by atoms with E-state index in [-0.39, 0.29) is 0 Å². The van der Waals surface area contributed by atoms with Crippen LogP contribution in [0.5, 0.6) is 0 Å². The smallest absolute Gasteiger partial charge is 0.138 e. The Morgan fingerprint density at radius 2 is 2.06 bits per heavy atom. The number of anilines is 1. The molecule has 0 saturated carbocycles. The minimum absolute atomic E-state index is 0.334. The maximum absolute atomic E-state index is 5.97. The largest absolute Gasteiger partial charge is 0.359 e. The number of hydrogen-bond donors (Lipinski definition) is 0. The van der Waals surface area contributed by atoms with Gasteiger partial charge in [0, 0.05) is 19.2 Å². The lowest BCUT2D eigenvalue weighted by atomic mass is 10.1. The summed E-state index contributed by atoms with van der Waals surface area (Å²) in [7, 11) is 2.00. The topological polar surface area (TPSA) is 29.0 Å². The fourth-order valence-electron chi connectivity index (χ4n) is 1.38. The third kappa shape index (κ3) is 3.49. The number of aromatic nitrogens is 2. The van der Waals surface area contributed by atoms with Crippen molar-refractivity contribution in [2.75, 3.05) is 18.5 Å². The van der Waals surface area contributed by atoms with Gasteiger partial charge in [-0.3, -0.25) is 0 Å². The molecule has 5 heteroatoms. The molecule has 90 valence electrons. The van der Waals surface area contributed by atoms with E-state index in [1.54, 1.807) is 0 Å². The molecule has 0 fully saturated rings. The zero-order valence-corrected chi connectivity index (χ0v) is 11.4. The van der Waals surface area contributed by atoms with Gasteiger partial charge in [-0.15, -0.1) is 11.6 Å². The molecule has 0 aliphatic rings. The lowest BCUT2D eigenvalue weighted by molar-refractivity contribution is 0.583. The average Bonchev–Trinajstić information content (AvgIpc) is 2.25. The van der Waals surface area contributed by atoms with Crippen molar-refractivity contribution in [3.8, 4) is 0 Å². The fraction of sp³-hybridized carbons (Fsp3) is 0.636. The molecule has 1 aromatic heterocycles.